The van der Waals surface area contributed by atoms with Gasteiger partial charge in [-0.1, -0.05) is 12.8 Å². The molecular weight excluding hydrogens is 304 g/mol. The van der Waals surface area contributed by atoms with Crippen LogP contribution in [0, 0.1) is 0 Å². The number of ether oxygens (including phenoxy) is 3. The van der Waals surface area contributed by atoms with Gasteiger partial charge in [-0.15, -0.1) is 0 Å². The zero-order chi connectivity index (χ0) is 17.4. The predicted octanol–water partition coefficient (Wildman–Crippen LogP) is 3.11. The van der Waals surface area contributed by atoms with Gasteiger partial charge in [-0.25, -0.2) is 0 Å². The molecule has 1 fully saturated rings. The minimum absolute atomic E-state index is 0.458. The Labute approximate surface area is 146 Å². The summed E-state index contributed by atoms with van der Waals surface area (Å²) in [4.78, 5) is 0. The van der Waals surface area contributed by atoms with Crippen molar-refractivity contribution in [3.8, 4) is 17.2 Å². The molecule has 0 spiro atoms. The summed E-state index contributed by atoms with van der Waals surface area (Å²) in [6.07, 6.45) is 6.46. The van der Waals surface area contributed by atoms with Crippen LogP contribution in [-0.4, -0.2) is 40.0 Å². The molecule has 0 aliphatic carbocycles. The molecule has 24 heavy (non-hydrogen) atoms. The van der Waals surface area contributed by atoms with E-state index in [0.717, 1.165) is 25.1 Å². The van der Waals surface area contributed by atoms with Crippen molar-refractivity contribution >= 4 is 0 Å². The molecule has 0 radical (unpaired) electrons. The van der Waals surface area contributed by atoms with Crippen molar-refractivity contribution in [3.05, 3.63) is 17.7 Å². The van der Waals surface area contributed by atoms with Crippen LogP contribution in [0.25, 0.3) is 0 Å². The fraction of sp³-hybridized carbons (Fsp3) is 0.684. The standard InChI is InChI=1S/C19H32N2O3/c1-14(10-16-8-6-5-7-9-20-16)21-13-15-11-17(22-2)19(24-4)18(12-15)23-3/h11-12,14,16,20-21H,5-10,13H2,1-4H3. The summed E-state index contributed by atoms with van der Waals surface area (Å²) >= 11 is 0. The lowest BCUT2D eigenvalue weighted by molar-refractivity contribution is 0.323. The van der Waals surface area contributed by atoms with Gasteiger partial charge in [0.1, 0.15) is 0 Å². The first-order valence-electron chi connectivity index (χ1n) is 8.93. The van der Waals surface area contributed by atoms with Crippen LogP contribution in [-0.2, 0) is 6.54 Å². The monoisotopic (exact) mass is 336 g/mol. The van der Waals surface area contributed by atoms with Gasteiger partial charge in [-0.2, -0.15) is 0 Å². The summed E-state index contributed by atoms with van der Waals surface area (Å²) in [7, 11) is 4.92. The number of nitrogens with one attached hydrogen (secondary N) is 2. The van der Waals surface area contributed by atoms with E-state index in [9.17, 15) is 0 Å². The van der Waals surface area contributed by atoms with E-state index in [1.165, 1.54) is 25.7 Å². The lowest BCUT2D eigenvalue weighted by atomic mass is 10.0. The molecule has 1 aliphatic heterocycles. The molecule has 136 valence electrons. The molecule has 1 aliphatic rings. The quantitative estimate of drug-likeness (QED) is 0.764. The average molecular weight is 336 g/mol. The number of methoxy groups -OCH3 is 3. The molecule has 1 aromatic carbocycles. The van der Waals surface area contributed by atoms with E-state index in [-0.39, 0.29) is 0 Å². The number of hydrogen-bond acceptors (Lipinski definition) is 5. The van der Waals surface area contributed by atoms with Gasteiger partial charge in [0, 0.05) is 18.6 Å². The topological polar surface area (TPSA) is 51.8 Å². The maximum absolute atomic E-state index is 5.42. The van der Waals surface area contributed by atoms with Gasteiger partial charge in [0.2, 0.25) is 5.75 Å². The average Bonchev–Trinajstić information content (AvgIpc) is 2.87. The molecule has 5 heteroatoms. The van der Waals surface area contributed by atoms with Crippen LogP contribution < -0.4 is 24.8 Å². The summed E-state index contributed by atoms with van der Waals surface area (Å²) in [6, 6.07) is 5.10. The van der Waals surface area contributed by atoms with Crippen LogP contribution in [0.1, 0.15) is 44.6 Å². The summed E-state index contributed by atoms with van der Waals surface area (Å²) in [5, 5.41) is 7.28. The highest BCUT2D eigenvalue weighted by Crippen LogP contribution is 2.38. The smallest absolute Gasteiger partial charge is 0.203 e. The van der Waals surface area contributed by atoms with E-state index in [0.29, 0.717) is 29.3 Å². The SMILES string of the molecule is COc1cc(CNC(C)CC2CCCCCN2)cc(OC)c1OC. The summed E-state index contributed by atoms with van der Waals surface area (Å²) in [6.45, 7) is 4.19. The Kier molecular flexibility index (Phi) is 7.66. The number of hydrogen-bond donors (Lipinski definition) is 2. The normalized spacial score (nSPS) is 19.4. The maximum Gasteiger partial charge on any atom is 0.203 e. The number of rotatable bonds is 8. The molecule has 2 atom stereocenters. The molecular formula is C19H32N2O3. The van der Waals surface area contributed by atoms with Gasteiger partial charge < -0.3 is 24.8 Å². The van der Waals surface area contributed by atoms with Gasteiger partial charge in [0.05, 0.1) is 21.3 Å². The highest BCUT2D eigenvalue weighted by Gasteiger charge is 2.16. The van der Waals surface area contributed by atoms with Crippen molar-refractivity contribution in [1.82, 2.24) is 10.6 Å². The minimum atomic E-state index is 0.458. The summed E-state index contributed by atoms with van der Waals surface area (Å²) in [5.74, 6) is 2.04. The fourth-order valence-electron chi connectivity index (χ4n) is 3.34. The van der Waals surface area contributed by atoms with Crippen LogP contribution in [0.2, 0.25) is 0 Å². The second kappa shape index (κ2) is 9.74. The molecule has 0 amide bonds. The summed E-state index contributed by atoms with van der Waals surface area (Å²) in [5.41, 5.74) is 1.13. The van der Waals surface area contributed by atoms with Crippen LogP contribution in [0.5, 0.6) is 17.2 Å². The Morgan fingerprint density at radius 1 is 1.08 bits per heavy atom. The Morgan fingerprint density at radius 2 is 1.79 bits per heavy atom. The van der Waals surface area contributed by atoms with Crippen molar-refractivity contribution in [1.29, 1.82) is 0 Å². The number of benzene rings is 1. The Hall–Kier alpha value is -1.46. The van der Waals surface area contributed by atoms with Gasteiger partial charge in [0.25, 0.3) is 0 Å². The van der Waals surface area contributed by atoms with Gasteiger partial charge in [-0.3, -0.25) is 0 Å². The first kappa shape index (κ1) is 18.9. The van der Waals surface area contributed by atoms with Crippen molar-refractivity contribution < 1.29 is 14.2 Å². The second-order valence-electron chi connectivity index (χ2n) is 6.55. The molecule has 1 aromatic rings. The molecule has 5 nitrogen and oxygen atoms in total. The van der Waals surface area contributed by atoms with Crippen molar-refractivity contribution in [3.63, 3.8) is 0 Å². The molecule has 2 rings (SSSR count). The first-order chi connectivity index (χ1) is 11.7. The van der Waals surface area contributed by atoms with E-state index < -0.39 is 0 Å². The van der Waals surface area contributed by atoms with Crippen molar-refractivity contribution in [2.45, 2.75) is 57.7 Å². The lowest BCUT2D eigenvalue weighted by Crippen LogP contribution is -2.36. The second-order valence-corrected chi connectivity index (χ2v) is 6.55. The molecule has 1 heterocycles. The van der Waals surface area contributed by atoms with E-state index in [4.69, 9.17) is 14.2 Å². The third-order valence-electron chi connectivity index (χ3n) is 4.68. The lowest BCUT2D eigenvalue weighted by Gasteiger charge is -2.22. The molecule has 1 saturated heterocycles. The Balaban J connectivity index is 1.92. The van der Waals surface area contributed by atoms with Gasteiger partial charge in [-0.05, 0) is 50.4 Å². The third kappa shape index (κ3) is 5.28. The van der Waals surface area contributed by atoms with Crippen molar-refractivity contribution in [2.75, 3.05) is 27.9 Å². The van der Waals surface area contributed by atoms with Gasteiger partial charge >= 0.3 is 0 Å². The zero-order valence-corrected chi connectivity index (χ0v) is 15.5. The third-order valence-corrected chi connectivity index (χ3v) is 4.68. The molecule has 2 N–H and O–H groups in total. The first-order valence-corrected chi connectivity index (χ1v) is 8.93. The van der Waals surface area contributed by atoms with Crippen LogP contribution >= 0.6 is 0 Å². The molecule has 0 saturated carbocycles. The van der Waals surface area contributed by atoms with Gasteiger partial charge in [0.15, 0.2) is 11.5 Å². The molecule has 0 aromatic heterocycles. The molecule has 2 unspecified atom stereocenters. The Bertz CT molecular complexity index is 474. The van der Waals surface area contributed by atoms with Crippen LogP contribution in [0.15, 0.2) is 12.1 Å². The minimum Gasteiger partial charge on any atom is -0.493 e. The summed E-state index contributed by atoms with van der Waals surface area (Å²) < 4.78 is 16.2. The highest BCUT2D eigenvalue weighted by molar-refractivity contribution is 5.53. The van der Waals surface area contributed by atoms with E-state index >= 15 is 0 Å². The fourth-order valence-corrected chi connectivity index (χ4v) is 3.34. The van der Waals surface area contributed by atoms with Crippen LogP contribution in [0.4, 0.5) is 0 Å². The predicted molar refractivity (Wildman–Crippen MR) is 97.3 cm³/mol. The largest absolute Gasteiger partial charge is 0.493 e. The highest BCUT2D eigenvalue weighted by atomic mass is 16.5. The maximum atomic E-state index is 5.42. The van der Waals surface area contributed by atoms with E-state index in [1.54, 1.807) is 21.3 Å². The zero-order valence-electron chi connectivity index (χ0n) is 15.5. The van der Waals surface area contributed by atoms with Crippen LogP contribution in [0.3, 0.4) is 0 Å². The Morgan fingerprint density at radius 3 is 2.42 bits per heavy atom. The molecule has 0 bridgehead atoms. The van der Waals surface area contributed by atoms with E-state index in [2.05, 4.69) is 17.6 Å². The van der Waals surface area contributed by atoms with Crippen molar-refractivity contribution in [2.24, 2.45) is 0 Å². The van der Waals surface area contributed by atoms with E-state index in [1.807, 2.05) is 12.1 Å².